The average Bonchev–Trinajstić information content (AvgIpc) is 2.18. The van der Waals surface area contributed by atoms with E-state index in [1.165, 1.54) is 12.1 Å². The summed E-state index contributed by atoms with van der Waals surface area (Å²) in [5, 5.41) is 11.7. The normalized spacial score (nSPS) is 11.1. The van der Waals surface area contributed by atoms with Crippen molar-refractivity contribution in [3.63, 3.8) is 0 Å². The molecule has 0 saturated carbocycles. The Morgan fingerprint density at radius 2 is 2.07 bits per heavy atom. The van der Waals surface area contributed by atoms with Crippen molar-refractivity contribution in [3.8, 4) is 5.75 Å². The van der Waals surface area contributed by atoms with Gasteiger partial charge in [-0.1, -0.05) is 12.2 Å². The van der Waals surface area contributed by atoms with Crippen LogP contribution in [0.3, 0.4) is 0 Å². The third-order valence-corrected chi connectivity index (χ3v) is 1.71. The molecule has 0 unspecified atom stereocenters. The number of benzene rings is 1. The molecule has 14 heavy (non-hydrogen) atoms. The Balaban J connectivity index is 2.94. The lowest BCUT2D eigenvalue weighted by molar-refractivity contribution is 0.406. The van der Waals surface area contributed by atoms with Crippen molar-refractivity contribution in [2.24, 2.45) is 0 Å². The zero-order valence-corrected chi connectivity index (χ0v) is 7.72. The molecule has 0 fully saturated rings. The van der Waals surface area contributed by atoms with Gasteiger partial charge in [0.1, 0.15) is 0 Å². The Bertz CT molecular complexity index is 350. The summed E-state index contributed by atoms with van der Waals surface area (Å²) in [6.07, 6.45) is 3.11. The van der Waals surface area contributed by atoms with Crippen molar-refractivity contribution < 1.29 is 13.9 Å². The van der Waals surface area contributed by atoms with E-state index in [0.29, 0.717) is 6.54 Å². The molecule has 2 nitrogen and oxygen atoms in total. The molecule has 1 aromatic rings. The van der Waals surface area contributed by atoms with Crippen LogP contribution in [0.15, 0.2) is 18.2 Å². The van der Waals surface area contributed by atoms with E-state index in [4.69, 9.17) is 5.11 Å². The van der Waals surface area contributed by atoms with Gasteiger partial charge in [0.05, 0.1) is 0 Å². The van der Waals surface area contributed by atoms with E-state index in [1.54, 1.807) is 13.1 Å². The molecule has 0 amide bonds. The molecular formula is C10H11F2NO. The highest BCUT2D eigenvalue weighted by Gasteiger charge is 2.10. The van der Waals surface area contributed by atoms with Gasteiger partial charge < -0.3 is 10.4 Å². The second-order valence-electron chi connectivity index (χ2n) is 2.76. The molecule has 0 atom stereocenters. The molecule has 0 radical (unpaired) electrons. The Morgan fingerprint density at radius 1 is 1.36 bits per heavy atom. The van der Waals surface area contributed by atoms with E-state index >= 15 is 0 Å². The van der Waals surface area contributed by atoms with Gasteiger partial charge in [-0.15, -0.1) is 0 Å². The molecule has 4 heteroatoms. The minimum atomic E-state index is -1.21. The lowest BCUT2D eigenvalue weighted by Gasteiger charge is -2.00. The van der Waals surface area contributed by atoms with Crippen molar-refractivity contribution in [2.45, 2.75) is 0 Å². The third kappa shape index (κ3) is 2.29. The van der Waals surface area contributed by atoms with E-state index in [9.17, 15) is 8.78 Å². The van der Waals surface area contributed by atoms with E-state index in [2.05, 4.69) is 5.32 Å². The highest BCUT2D eigenvalue weighted by molar-refractivity contribution is 5.52. The minimum absolute atomic E-state index is 0.121. The fraction of sp³-hybridized carbons (Fsp3) is 0.200. The van der Waals surface area contributed by atoms with E-state index in [-0.39, 0.29) is 5.56 Å². The van der Waals surface area contributed by atoms with E-state index < -0.39 is 17.4 Å². The van der Waals surface area contributed by atoms with Crippen molar-refractivity contribution in [1.29, 1.82) is 0 Å². The van der Waals surface area contributed by atoms with E-state index in [1.807, 2.05) is 0 Å². The second kappa shape index (κ2) is 4.72. The van der Waals surface area contributed by atoms with Gasteiger partial charge in [-0.3, -0.25) is 0 Å². The van der Waals surface area contributed by atoms with Crippen LogP contribution in [-0.2, 0) is 0 Å². The third-order valence-electron chi connectivity index (χ3n) is 1.71. The number of rotatable bonds is 3. The summed E-state index contributed by atoms with van der Waals surface area (Å²) in [5.41, 5.74) is 0.121. The van der Waals surface area contributed by atoms with E-state index in [0.717, 1.165) is 6.07 Å². The maximum atomic E-state index is 13.1. The molecule has 2 N–H and O–H groups in total. The van der Waals surface area contributed by atoms with Crippen LogP contribution >= 0.6 is 0 Å². The first-order valence-electron chi connectivity index (χ1n) is 4.15. The molecule has 0 spiro atoms. The first-order valence-corrected chi connectivity index (χ1v) is 4.15. The number of phenolic OH excluding ortho intramolecular Hbond substituents is 1. The molecule has 0 saturated heterocycles. The molecule has 0 bridgehead atoms. The van der Waals surface area contributed by atoms with Gasteiger partial charge >= 0.3 is 0 Å². The van der Waals surface area contributed by atoms with Crippen LogP contribution in [-0.4, -0.2) is 18.7 Å². The Morgan fingerprint density at radius 3 is 2.71 bits per heavy atom. The standard InChI is InChI=1S/C10H11F2NO/c1-13-6-2-3-7-4-5-8(14)10(12)9(7)11/h2-5,13-14H,6H2,1H3. The van der Waals surface area contributed by atoms with Crippen molar-refractivity contribution >= 4 is 6.08 Å². The molecule has 0 heterocycles. The molecule has 0 aromatic heterocycles. The number of hydrogen-bond acceptors (Lipinski definition) is 2. The molecule has 1 rings (SSSR count). The largest absolute Gasteiger partial charge is 0.505 e. The average molecular weight is 199 g/mol. The predicted octanol–water partition coefficient (Wildman–Crippen LogP) is 1.90. The summed E-state index contributed by atoms with van der Waals surface area (Å²) >= 11 is 0. The topological polar surface area (TPSA) is 32.3 Å². The summed E-state index contributed by atoms with van der Waals surface area (Å²) in [7, 11) is 1.75. The van der Waals surface area contributed by atoms with Gasteiger partial charge in [0.15, 0.2) is 11.6 Å². The van der Waals surface area contributed by atoms with Gasteiger partial charge in [-0.05, 0) is 19.2 Å². The van der Waals surface area contributed by atoms with Crippen LogP contribution in [0.25, 0.3) is 6.08 Å². The molecule has 0 aliphatic rings. The first-order chi connectivity index (χ1) is 6.66. The Kier molecular flexibility index (Phi) is 3.59. The number of phenols is 1. The molecule has 0 aliphatic carbocycles. The van der Waals surface area contributed by atoms with Crippen LogP contribution in [0.5, 0.6) is 5.75 Å². The fourth-order valence-corrected chi connectivity index (χ4v) is 0.987. The van der Waals surface area contributed by atoms with Crippen LogP contribution < -0.4 is 5.32 Å². The number of halogens is 2. The summed E-state index contributed by atoms with van der Waals surface area (Å²) in [5.74, 6) is -2.91. The van der Waals surface area contributed by atoms with Gasteiger partial charge in [-0.2, -0.15) is 4.39 Å². The quantitative estimate of drug-likeness (QED) is 0.779. The smallest absolute Gasteiger partial charge is 0.200 e. The second-order valence-corrected chi connectivity index (χ2v) is 2.76. The number of likely N-dealkylation sites (N-methyl/N-ethyl adjacent to an activating group) is 1. The minimum Gasteiger partial charge on any atom is -0.505 e. The summed E-state index contributed by atoms with van der Waals surface area (Å²) < 4.78 is 25.9. The zero-order valence-electron chi connectivity index (χ0n) is 7.72. The highest BCUT2D eigenvalue weighted by atomic mass is 19.2. The number of aromatic hydroxyl groups is 1. The lowest BCUT2D eigenvalue weighted by Crippen LogP contribution is -2.03. The van der Waals surface area contributed by atoms with Gasteiger partial charge in [0, 0.05) is 12.1 Å². The van der Waals surface area contributed by atoms with Gasteiger partial charge in [0.25, 0.3) is 0 Å². The maximum Gasteiger partial charge on any atom is 0.200 e. The molecule has 76 valence electrons. The maximum absolute atomic E-state index is 13.1. The monoisotopic (exact) mass is 199 g/mol. The zero-order chi connectivity index (χ0) is 10.6. The Hall–Kier alpha value is -1.42. The van der Waals surface area contributed by atoms with Crippen molar-refractivity contribution in [3.05, 3.63) is 35.4 Å². The molecular weight excluding hydrogens is 188 g/mol. The van der Waals surface area contributed by atoms with Crippen LogP contribution in [0, 0.1) is 11.6 Å². The van der Waals surface area contributed by atoms with Crippen molar-refractivity contribution in [1.82, 2.24) is 5.32 Å². The Labute approximate surface area is 80.9 Å². The van der Waals surface area contributed by atoms with Crippen LogP contribution in [0.2, 0.25) is 0 Å². The highest BCUT2D eigenvalue weighted by Crippen LogP contribution is 2.21. The SMILES string of the molecule is CNCC=Cc1ccc(O)c(F)c1F. The van der Waals surface area contributed by atoms with Gasteiger partial charge in [0.2, 0.25) is 5.82 Å². The van der Waals surface area contributed by atoms with Crippen LogP contribution in [0.4, 0.5) is 8.78 Å². The summed E-state index contributed by atoms with van der Waals surface area (Å²) in [6.45, 7) is 0.571. The fourth-order valence-electron chi connectivity index (χ4n) is 0.987. The van der Waals surface area contributed by atoms with Crippen LogP contribution in [0.1, 0.15) is 5.56 Å². The predicted molar refractivity (Wildman–Crippen MR) is 51.0 cm³/mol. The first kappa shape index (κ1) is 10.7. The van der Waals surface area contributed by atoms with Crippen molar-refractivity contribution in [2.75, 3.05) is 13.6 Å². The molecule has 0 aliphatic heterocycles. The summed E-state index contributed by atoms with van der Waals surface area (Å²) in [6, 6.07) is 2.44. The molecule has 1 aromatic carbocycles. The number of hydrogen-bond donors (Lipinski definition) is 2. The lowest BCUT2D eigenvalue weighted by atomic mass is 10.2. The number of nitrogens with one attached hydrogen (secondary N) is 1. The van der Waals surface area contributed by atoms with Gasteiger partial charge in [-0.25, -0.2) is 4.39 Å². The summed E-state index contributed by atoms with van der Waals surface area (Å²) in [4.78, 5) is 0.